The Morgan fingerprint density at radius 2 is 2.29 bits per heavy atom. The van der Waals surface area contributed by atoms with Gasteiger partial charge in [0.1, 0.15) is 10.7 Å². The highest BCUT2D eigenvalue weighted by Crippen LogP contribution is 2.34. The van der Waals surface area contributed by atoms with Crippen LogP contribution in [0.15, 0.2) is 23.1 Å². The van der Waals surface area contributed by atoms with Gasteiger partial charge < -0.3 is 15.0 Å². The van der Waals surface area contributed by atoms with Crippen molar-refractivity contribution in [2.45, 2.75) is 31.4 Å². The molecule has 1 amide bonds. The van der Waals surface area contributed by atoms with Crippen LogP contribution in [0, 0.1) is 0 Å². The number of nitrogens with one attached hydrogen (secondary N) is 2. The van der Waals surface area contributed by atoms with Gasteiger partial charge in [-0.25, -0.2) is 9.97 Å². The predicted octanol–water partition coefficient (Wildman–Crippen LogP) is 3.14. The van der Waals surface area contributed by atoms with Crippen LogP contribution in [-0.4, -0.2) is 33.7 Å². The largest absolute Gasteiger partial charge is 0.481 e. The van der Waals surface area contributed by atoms with E-state index in [0.717, 1.165) is 29.5 Å². The molecule has 3 aromatic heterocycles. The number of aromatic amines is 1. The van der Waals surface area contributed by atoms with Gasteiger partial charge in [-0.1, -0.05) is 0 Å². The molecule has 146 valence electrons. The first-order chi connectivity index (χ1) is 13.6. The van der Waals surface area contributed by atoms with E-state index in [9.17, 15) is 9.59 Å². The fourth-order valence-electron chi connectivity index (χ4n) is 3.25. The van der Waals surface area contributed by atoms with Gasteiger partial charge in [-0.05, 0) is 30.9 Å². The molecule has 1 aliphatic rings. The monoisotopic (exact) mass is 416 g/mol. The summed E-state index contributed by atoms with van der Waals surface area (Å²) in [6.07, 6.45) is 5.09. The molecule has 0 radical (unpaired) electrons. The van der Waals surface area contributed by atoms with Crippen LogP contribution in [-0.2, 0) is 23.4 Å². The number of aryl methyl sites for hydroxylation is 2. The average molecular weight is 417 g/mol. The smallest absolute Gasteiger partial charge is 0.259 e. The van der Waals surface area contributed by atoms with E-state index in [1.807, 2.05) is 0 Å². The maximum Gasteiger partial charge on any atom is 0.259 e. The number of ether oxygens (including phenoxy) is 1. The zero-order chi connectivity index (χ0) is 19.5. The van der Waals surface area contributed by atoms with Crippen LogP contribution in [0.2, 0.25) is 0 Å². The number of hydrogen-bond donors (Lipinski definition) is 2. The number of fused-ring (bicyclic) bond motifs is 3. The van der Waals surface area contributed by atoms with Crippen LogP contribution in [0.1, 0.15) is 29.1 Å². The molecule has 2 N–H and O–H groups in total. The van der Waals surface area contributed by atoms with E-state index < -0.39 is 0 Å². The summed E-state index contributed by atoms with van der Waals surface area (Å²) in [7, 11) is 1.54. The lowest BCUT2D eigenvalue weighted by Crippen LogP contribution is -2.13. The van der Waals surface area contributed by atoms with Gasteiger partial charge in [-0.2, -0.15) is 11.8 Å². The fraction of sp³-hybridized carbons (Fsp3) is 0.368. The van der Waals surface area contributed by atoms with Crippen molar-refractivity contribution in [3.8, 4) is 5.88 Å². The molecule has 9 heteroatoms. The third-order valence-corrected chi connectivity index (χ3v) is 6.72. The van der Waals surface area contributed by atoms with Gasteiger partial charge in [0, 0.05) is 23.1 Å². The molecule has 0 atom stereocenters. The number of thioether (sulfide) groups is 1. The summed E-state index contributed by atoms with van der Waals surface area (Å²) in [5, 5.41) is 3.58. The maximum absolute atomic E-state index is 12.4. The zero-order valence-corrected chi connectivity index (χ0v) is 17.0. The molecular weight excluding hydrogens is 396 g/mol. The molecule has 0 fully saturated rings. The van der Waals surface area contributed by atoms with Crippen molar-refractivity contribution in [2.24, 2.45) is 0 Å². The Bertz CT molecular complexity index is 1060. The Labute approximate surface area is 169 Å². The number of pyridine rings is 1. The van der Waals surface area contributed by atoms with E-state index in [1.54, 1.807) is 48.5 Å². The van der Waals surface area contributed by atoms with Crippen molar-refractivity contribution in [3.05, 3.63) is 44.9 Å². The zero-order valence-electron chi connectivity index (χ0n) is 15.4. The van der Waals surface area contributed by atoms with Crippen molar-refractivity contribution >= 4 is 44.9 Å². The number of amides is 1. The molecule has 0 spiro atoms. The summed E-state index contributed by atoms with van der Waals surface area (Å²) in [4.78, 5) is 38.2. The lowest BCUT2D eigenvalue weighted by Gasteiger charge is -2.06. The third-order valence-electron chi connectivity index (χ3n) is 4.57. The summed E-state index contributed by atoms with van der Waals surface area (Å²) >= 11 is 3.22. The number of aromatic nitrogens is 3. The van der Waals surface area contributed by atoms with Crippen LogP contribution in [0.5, 0.6) is 5.88 Å². The average Bonchev–Trinajstić information content (AvgIpc) is 3.26. The summed E-state index contributed by atoms with van der Waals surface area (Å²) in [6.45, 7) is 0. The van der Waals surface area contributed by atoms with E-state index in [0.29, 0.717) is 35.3 Å². The number of thiophene rings is 1. The number of H-pyrrole nitrogens is 1. The minimum Gasteiger partial charge on any atom is -0.481 e. The summed E-state index contributed by atoms with van der Waals surface area (Å²) in [5.74, 6) is 2.31. The standard InChI is InChI=1S/C19H20N4O3S2/c1-26-16-6-5-11(9-20-16)21-15(24)7-8-27-10-14-22-18(25)17-12-3-2-4-13(12)28-19(17)23-14/h5-6,9H,2-4,7-8,10H2,1H3,(H,21,24)(H,22,23,25). The summed E-state index contributed by atoms with van der Waals surface area (Å²) in [6, 6.07) is 3.45. The Kier molecular flexibility index (Phi) is 5.63. The van der Waals surface area contributed by atoms with Crippen molar-refractivity contribution < 1.29 is 9.53 Å². The lowest BCUT2D eigenvalue weighted by atomic mass is 10.2. The number of carbonyl (C=O) groups excluding carboxylic acids is 1. The van der Waals surface area contributed by atoms with Crippen LogP contribution < -0.4 is 15.6 Å². The van der Waals surface area contributed by atoms with E-state index in [1.165, 1.54) is 10.4 Å². The topological polar surface area (TPSA) is 97.0 Å². The number of nitrogens with zero attached hydrogens (tertiary/aromatic N) is 2. The second-order valence-corrected chi connectivity index (χ2v) is 8.68. The van der Waals surface area contributed by atoms with Gasteiger partial charge in [0.25, 0.3) is 5.56 Å². The molecule has 28 heavy (non-hydrogen) atoms. The van der Waals surface area contributed by atoms with E-state index in [2.05, 4.69) is 20.3 Å². The van der Waals surface area contributed by atoms with Crippen molar-refractivity contribution in [1.82, 2.24) is 15.0 Å². The second kappa shape index (κ2) is 8.32. The highest BCUT2D eigenvalue weighted by molar-refractivity contribution is 7.98. The molecule has 0 saturated carbocycles. The maximum atomic E-state index is 12.4. The highest BCUT2D eigenvalue weighted by Gasteiger charge is 2.21. The molecule has 0 unspecified atom stereocenters. The molecule has 0 bridgehead atoms. The Morgan fingerprint density at radius 3 is 3.07 bits per heavy atom. The second-order valence-electron chi connectivity index (χ2n) is 6.49. The Hall–Kier alpha value is -2.39. The minimum absolute atomic E-state index is 0.0373. The molecule has 3 aromatic rings. The lowest BCUT2D eigenvalue weighted by molar-refractivity contribution is -0.115. The number of anilines is 1. The third kappa shape index (κ3) is 4.05. The van der Waals surface area contributed by atoms with E-state index >= 15 is 0 Å². The molecule has 4 rings (SSSR count). The van der Waals surface area contributed by atoms with Gasteiger partial charge in [0.05, 0.1) is 30.1 Å². The first kappa shape index (κ1) is 18.9. The summed E-state index contributed by atoms with van der Waals surface area (Å²) in [5.41, 5.74) is 1.79. The van der Waals surface area contributed by atoms with Crippen molar-refractivity contribution in [2.75, 3.05) is 18.2 Å². The van der Waals surface area contributed by atoms with Gasteiger partial charge in [0.2, 0.25) is 11.8 Å². The van der Waals surface area contributed by atoms with Gasteiger partial charge in [-0.3, -0.25) is 9.59 Å². The van der Waals surface area contributed by atoms with Crippen LogP contribution >= 0.6 is 23.1 Å². The Balaban J connectivity index is 1.29. The molecule has 3 heterocycles. The summed E-state index contributed by atoms with van der Waals surface area (Å²) < 4.78 is 4.99. The van der Waals surface area contributed by atoms with Crippen LogP contribution in [0.25, 0.3) is 10.2 Å². The molecular formula is C19H20N4O3S2. The molecule has 0 aliphatic heterocycles. The van der Waals surface area contributed by atoms with Crippen molar-refractivity contribution in [3.63, 3.8) is 0 Å². The molecule has 0 aromatic carbocycles. The molecule has 0 saturated heterocycles. The molecule has 1 aliphatic carbocycles. The van der Waals surface area contributed by atoms with E-state index in [-0.39, 0.29) is 11.5 Å². The van der Waals surface area contributed by atoms with Crippen LogP contribution in [0.4, 0.5) is 5.69 Å². The number of rotatable bonds is 7. The highest BCUT2D eigenvalue weighted by atomic mass is 32.2. The van der Waals surface area contributed by atoms with Crippen LogP contribution in [0.3, 0.4) is 0 Å². The van der Waals surface area contributed by atoms with E-state index in [4.69, 9.17) is 4.74 Å². The number of carbonyl (C=O) groups is 1. The minimum atomic E-state index is -0.0777. The fourth-order valence-corrected chi connectivity index (χ4v) is 5.33. The van der Waals surface area contributed by atoms with Gasteiger partial charge in [0.15, 0.2) is 0 Å². The normalized spacial score (nSPS) is 12.9. The number of methoxy groups -OCH3 is 1. The Morgan fingerprint density at radius 1 is 1.39 bits per heavy atom. The SMILES string of the molecule is COc1ccc(NC(=O)CCSCc2nc3sc4c(c3c(=O)[nH]2)CCC4)cn1. The quantitative estimate of drug-likeness (QED) is 0.575. The predicted molar refractivity (Wildman–Crippen MR) is 112 cm³/mol. The number of hydrogen-bond acceptors (Lipinski definition) is 7. The first-order valence-corrected chi connectivity index (χ1v) is 11.0. The van der Waals surface area contributed by atoms with Gasteiger partial charge >= 0.3 is 0 Å². The molecule has 7 nitrogen and oxygen atoms in total. The van der Waals surface area contributed by atoms with Gasteiger partial charge in [-0.15, -0.1) is 11.3 Å². The van der Waals surface area contributed by atoms with Crippen molar-refractivity contribution in [1.29, 1.82) is 0 Å². The first-order valence-electron chi connectivity index (χ1n) is 9.05.